The maximum atomic E-state index is 9.96. The lowest BCUT2D eigenvalue weighted by molar-refractivity contribution is 0.0409. The summed E-state index contributed by atoms with van der Waals surface area (Å²) in [5.41, 5.74) is -0.0124. The zero-order valence-electron chi connectivity index (χ0n) is 15.0. The third-order valence-corrected chi connectivity index (χ3v) is 9.48. The van der Waals surface area contributed by atoms with Crippen molar-refractivity contribution in [1.29, 1.82) is 0 Å². The standard InChI is InChI=1S/C17H38O2Si/c1-8-10-12-17(14-18,13-11-9-2)15-19-20(6,7)16(3,4)5/h18H,8-15H2,1-7H3. The molecule has 0 rings (SSSR count). The van der Waals surface area contributed by atoms with Crippen LogP contribution in [-0.2, 0) is 4.43 Å². The largest absolute Gasteiger partial charge is 0.416 e. The van der Waals surface area contributed by atoms with E-state index in [1.807, 2.05) is 0 Å². The predicted molar refractivity (Wildman–Crippen MR) is 91.7 cm³/mol. The Morgan fingerprint density at radius 1 is 0.950 bits per heavy atom. The van der Waals surface area contributed by atoms with Gasteiger partial charge in [0.25, 0.3) is 0 Å². The molecule has 0 aliphatic heterocycles. The fourth-order valence-electron chi connectivity index (χ4n) is 2.13. The van der Waals surface area contributed by atoms with Crippen LogP contribution in [-0.4, -0.2) is 26.6 Å². The molecule has 0 bridgehead atoms. The molecule has 0 aromatic heterocycles. The third kappa shape index (κ3) is 6.27. The lowest BCUT2D eigenvalue weighted by atomic mass is 9.80. The van der Waals surface area contributed by atoms with E-state index in [2.05, 4.69) is 47.7 Å². The summed E-state index contributed by atoms with van der Waals surface area (Å²) in [5, 5.41) is 10.2. The Hall–Kier alpha value is 0.137. The second-order valence-electron chi connectivity index (χ2n) is 7.91. The maximum Gasteiger partial charge on any atom is 0.192 e. The van der Waals surface area contributed by atoms with Gasteiger partial charge in [0.05, 0.1) is 6.61 Å². The van der Waals surface area contributed by atoms with Crippen LogP contribution >= 0.6 is 0 Å². The summed E-state index contributed by atoms with van der Waals surface area (Å²) < 4.78 is 6.42. The predicted octanol–water partition coefficient (Wildman–Crippen LogP) is 5.37. The molecule has 0 heterocycles. The van der Waals surface area contributed by atoms with E-state index in [-0.39, 0.29) is 17.1 Å². The summed E-state index contributed by atoms with van der Waals surface area (Å²) in [6.07, 6.45) is 6.93. The second-order valence-corrected chi connectivity index (χ2v) is 12.7. The second kappa shape index (κ2) is 8.55. The van der Waals surface area contributed by atoms with Crippen molar-refractivity contribution in [3.8, 4) is 0 Å². The van der Waals surface area contributed by atoms with Crippen LogP contribution in [0.5, 0.6) is 0 Å². The summed E-state index contributed by atoms with van der Waals surface area (Å²) in [4.78, 5) is 0. The van der Waals surface area contributed by atoms with Crippen molar-refractivity contribution in [3.05, 3.63) is 0 Å². The number of aliphatic hydroxyl groups is 1. The van der Waals surface area contributed by atoms with E-state index < -0.39 is 8.32 Å². The molecule has 0 fully saturated rings. The highest BCUT2D eigenvalue weighted by Gasteiger charge is 2.40. The molecule has 0 aliphatic carbocycles. The molecule has 1 N–H and O–H groups in total. The van der Waals surface area contributed by atoms with Crippen LogP contribution < -0.4 is 0 Å². The quantitative estimate of drug-likeness (QED) is 0.550. The first-order chi connectivity index (χ1) is 9.14. The molecule has 0 radical (unpaired) electrons. The molecule has 2 nitrogen and oxygen atoms in total. The van der Waals surface area contributed by atoms with Crippen molar-refractivity contribution in [2.45, 2.75) is 91.3 Å². The monoisotopic (exact) mass is 302 g/mol. The molecule has 0 aliphatic rings. The van der Waals surface area contributed by atoms with Crippen LogP contribution in [0.4, 0.5) is 0 Å². The number of hydrogen-bond acceptors (Lipinski definition) is 2. The Morgan fingerprint density at radius 3 is 1.70 bits per heavy atom. The van der Waals surface area contributed by atoms with E-state index in [1.165, 1.54) is 25.7 Å². The highest BCUT2D eigenvalue weighted by molar-refractivity contribution is 6.74. The topological polar surface area (TPSA) is 29.5 Å². The molecule has 0 saturated carbocycles. The summed E-state index contributed by atoms with van der Waals surface area (Å²) in [7, 11) is -1.72. The molecule has 3 heteroatoms. The van der Waals surface area contributed by atoms with Gasteiger partial charge in [-0.2, -0.15) is 0 Å². The molecule has 0 spiro atoms. The minimum absolute atomic E-state index is 0.0124. The van der Waals surface area contributed by atoms with Crippen molar-refractivity contribution in [1.82, 2.24) is 0 Å². The Morgan fingerprint density at radius 2 is 1.40 bits per heavy atom. The van der Waals surface area contributed by atoms with Gasteiger partial charge in [-0.05, 0) is 31.0 Å². The Kier molecular flexibility index (Phi) is 8.61. The third-order valence-electron chi connectivity index (χ3n) is 5.00. The lowest BCUT2D eigenvalue weighted by Gasteiger charge is -2.41. The van der Waals surface area contributed by atoms with Crippen molar-refractivity contribution in [2.24, 2.45) is 5.41 Å². The fourth-order valence-corrected chi connectivity index (χ4v) is 3.23. The molecule has 20 heavy (non-hydrogen) atoms. The summed E-state index contributed by atoms with van der Waals surface area (Å²) in [6.45, 7) is 16.9. The molecule has 0 unspecified atom stereocenters. The van der Waals surface area contributed by atoms with Crippen LogP contribution in [0, 0.1) is 5.41 Å². The first kappa shape index (κ1) is 20.1. The van der Waals surface area contributed by atoms with Gasteiger partial charge in [-0.1, -0.05) is 60.3 Å². The zero-order chi connectivity index (χ0) is 15.9. The van der Waals surface area contributed by atoms with E-state index in [1.54, 1.807) is 0 Å². The van der Waals surface area contributed by atoms with Gasteiger partial charge in [0, 0.05) is 12.0 Å². The van der Waals surface area contributed by atoms with Crippen LogP contribution in [0.3, 0.4) is 0 Å². The van der Waals surface area contributed by atoms with E-state index in [0.29, 0.717) is 0 Å². The Balaban J connectivity index is 4.78. The number of aliphatic hydroxyl groups excluding tert-OH is 1. The zero-order valence-corrected chi connectivity index (χ0v) is 16.0. The number of rotatable bonds is 10. The summed E-state index contributed by atoms with van der Waals surface area (Å²) in [6, 6.07) is 0. The number of unbranched alkanes of at least 4 members (excludes halogenated alkanes) is 2. The average molecular weight is 303 g/mol. The molecular weight excluding hydrogens is 264 g/mol. The molecule has 0 atom stereocenters. The molecule has 0 saturated heterocycles. The van der Waals surface area contributed by atoms with Crippen LogP contribution in [0.25, 0.3) is 0 Å². The van der Waals surface area contributed by atoms with Crippen molar-refractivity contribution < 1.29 is 9.53 Å². The van der Waals surface area contributed by atoms with E-state index in [9.17, 15) is 5.11 Å². The minimum Gasteiger partial charge on any atom is -0.416 e. The van der Waals surface area contributed by atoms with Gasteiger partial charge in [0.2, 0.25) is 0 Å². The fraction of sp³-hybridized carbons (Fsp3) is 1.00. The minimum atomic E-state index is -1.72. The normalized spacial score (nSPS) is 13.8. The van der Waals surface area contributed by atoms with Crippen molar-refractivity contribution >= 4 is 8.32 Å². The van der Waals surface area contributed by atoms with E-state index in [4.69, 9.17) is 4.43 Å². The molecule has 122 valence electrons. The molecule has 0 amide bonds. The van der Waals surface area contributed by atoms with Crippen molar-refractivity contribution in [3.63, 3.8) is 0 Å². The SMILES string of the molecule is CCCCC(CO)(CCCC)CO[Si](C)(C)C(C)(C)C. The van der Waals surface area contributed by atoms with Gasteiger partial charge in [-0.3, -0.25) is 0 Å². The van der Waals surface area contributed by atoms with Crippen LogP contribution in [0.1, 0.15) is 73.1 Å². The van der Waals surface area contributed by atoms with Gasteiger partial charge in [0.1, 0.15) is 0 Å². The van der Waals surface area contributed by atoms with Crippen LogP contribution in [0.15, 0.2) is 0 Å². The molecule has 0 aromatic rings. The first-order valence-electron chi connectivity index (χ1n) is 8.39. The highest BCUT2D eigenvalue weighted by Crippen LogP contribution is 2.39. The van der Waals surface area contributed by atoms with Crippen LogP contribution in [0.2, 0.25) is 18.1 Å². The van der Waals surface area contributed by atoms with E-state index >= 15 is 0 Å². The maximum absolute atomic E-state index is 9.96. The number of hydrogen-bond donors (Lipinski definition) is 1. The first-order valence-corrected chi connectivity index (χ1v) is 11.3. The van der Waals surface area contributed by atoms with E-state index in [0.717, 1.165) is 19.4 Å². The smallest absolute Gasteiger partial charge is 0.192 e. The van der Waals surface area contributed by atoms with Crippen molar-refractivity contribution in [2.75, 3.05) is 13.2 Å². The van der Waals surface area contributed by atoms with Gasteiger partial charge >= 0.3 is 0 Å². The van der Waals surface area contributed by atoms with Gasteiger partial charge in [-0.15, -0.1) is 0 Å². The van der Waals surface area contributed by atoms with Gasteiger partial charge < -0.3 is 9.53 Å². The Bertz CT molecular complexity index is 248. The lowest BCUT2D eigenvalue weighted by Crippen LogP contribution is -2.45. The van der Waals surface area contributed by atoms with Gasteiger partial charge in [0.15, 0.2) is 8.32 Å². The Labute approximate surface area is 128 Å². The average Bonchev–Trinajstić information content (AvgIpc) is 2.37. The highest BCUT2D eigenvalue weighted by atomic mass is 28.4. The summed E-state index contributed by atoms with van der Waals surface area (Å²) in [5.74, 6) is 0. The molecule has 0 aromatic carbocycles. The van der Waals surface area contributed by atoms with Gasteiger partial charge in [-0.25, -0.2) is 0 Å². The molecular formula is C17H38O2Si. The summed E-state index contributed by atoms with van der Waals surface area (Å²) >= 11 is 0.